The fraction of sp³-hybridized carbons (Fsp3) is 0. The lowest BCUT2D eigenvalue weighted by atomic mass is 10.2. The number of ether oxygens (including phenoxy) is 1. The van der Waals surface area contributed by atoms with Gasteiger partial charge in [0.05, 0.1) is 22.7 Å². The van der Waals surface area contributed by atoms with Crippen molar-refractivity contribution in [3.8, 4) is 11.8 Å². The van der Waals surface area contributed by atoms with Crippen molar-refractivity contribution in [2.75, 3.05) is 0 Å². The monoisotopic (exact) mass is 264 g/mol. The third-order valence-electron chi connectivity index (χ3n) is 2.76. The third kappa shape index (κ3) is 2.20. The lowest BCUT2D eigenvalue weighted by Gasteiger charge is -2.04. The summed E-state index contributed by atoms with van der Waals surface area (Å²) in [5.74, 6) is -0.103. The fourth-order valence-corrected chi connectivity index (χ4v) is 1.73. The standard InChI is InChI=1S/C14H8N4O2/c15-8-9-1-4-11(5-2-9)20-14(19)10-3-6-12-13(7-10)17-18-16-12/h1-7H,(H,16,17,18). The quantitative estimate of drug-likeness (QED) is 0.565. The molecule has 0 saturated carbocycles. The highest BCUT2D eigenvalue weighted by atomic mass is 16.5. The molecule has 6 nitrogen and oxygen atoms in total. The van der Waals surface area contributed by atoms with Gasteiger partial charge in [0.25, 0.3) is 0 Å². The first-order valence-corrected chi connectivity index (χ1v) is 5.79. The number of aromatic nitrogens is 3. The maximum Gasteiger partial charge on any atom is 0.343 e. The Hall–Kier alpha value is -3.20. The van der Waals surface area contributed by atoms with Crippen LogP contribution < -0.4 is 4.74 Å². The van der Waals surface area contributed by atoms with Crippen LogP contribution in [0.15, 0.2) is 42.5 Å². The van der Waals surface area contributed by atoms with E-state index in [2.05, 4.69) is 15.4 Å². The molecule has 0 spiro atoms. The van der Waals surface area contributed by atoms with Gasteiger partial charge in [-0.2, -0.15) is 5.26 Å². The molecule has 0 aliphatic rings. The van der Waals surface area contributed by atoms with Gasteiger partial charge in [0, 0.05) is 0 Å². The molecule has 0 unspecified atom stereocenters. The van der Waals surface area contributed by atoms with Crippen LogP contribution in [0.3, 0.4) is 0 Å². The molecular formula is C14H8N4O2. The predicted octanol–water partition coefficient (Wildman–Crippen LogP) is 2.05. The van der Waals surface area contributed by atoms with Crippen LogP contribution >= 0.6 is 0 Å². The zero-order valence-electron chi connectivity index (χ0n) is 10.2. The number of nitrogens with one attached hydrogen (secondary N) is 1. The minimum absolute atomic E-state index is 0.384. The Labute approximate surface area is 113 Å². The second-order valence-corrected chi connectivity index (χ2v) is 4.07. The Morgan fingerprint density at radius 3 is 2.75 bits per heavy atom. The Bertz CT molecular complexity index is 815. The van der Waals surface area contributed by atoms with Gasteiger partial charge in [0.15, 0.2) is 0 Å². The maximum atomic E-state index is 12.0. The summed E-state index contributed by atoms with van der Waals surface area (Å²) in [7, 11) is 0. The molecular weight excluding hydrogens is 256 g/mol. The van der Waals surface area contributed by atoms with Crippen LogP contribution in [0.4, 0.5) is 0 Å². The largest absolute Gasteiger partial charge is 0.423 e. The molecule has 3 aromatic rings. The van der Waals surface area contributed by atoms with E-state index in [1.54, 1.807) is 42.5 Å². The van der Waals surface area contributed by atoms with Gasteiger partial charge in [0.2, 0.25) is 0 Å². The zero-order chi connectivity index (χ0) is 13.9. The van der Waals surface area contributed by atoms with Crippen molar-refractivity contribution in [3.05, 3.63) is 53.6 Å². The van der Waals surface area contributed by atoms with Crippen molar-refractivity contribution in [1.82, 2.24) is 15.4 Å². The molecule has 0 bridgehead atoms. The summed E-state index contributed by atoms with van der Waals surface area (Å²) < 4.78 is 5.22. The number of hydrogen-bond acceptors (Lipinski definition) is 5. The van der Waals surface area contributed by atoms with Crippen LogP contribution in [0.1, 0.15) is 15.9 Å². The number of carbonyl (C=O) groups is 1. The first-order valence-electron chi connectivity index (χ1n) is 5.79. The maximum absolute atomic E-state index is 12.0. The Kier molecular flexibility index (Phi) is 2.86. The van der Waals surface area contributed by atoms with Crippen molar-refractivity contribution < 1.29 is 9.53 Å². The van der Waals surface area contributed by atoms with E-state index in [-0.39, 0.29) is 0 Å². The van der Waals surface area contributed by atoms with Crippen molar-refractivity contribution in [2.24, 2.45) is 0 Å². The van der Waals surface area contributed by atoms with Crippen molar-refractivity contribution in [1.29, 1.82) is 5.26 Å². The third-order valence-corrected chi connectivity index (χ3v) is 2.76. The van der Waals surface area contributed by atoms with Gasteiger partial charge < -0.3 is 4.74 Å². The first kappa shape index (κ1) is 11.9. The van der Waals surface area contributed by atoms with Gasteiger partial charge in [-0.25, -0.2) is 4.79 Å². The molecule has 1 N–H and O–H groups in total. The number of esters is 1. The Morgan fingerprint density at radius 2 is 2.00 bits per heavy atom. The molecule has 0 aliphatic heterocycles. The van der Waals surface area contributed by atoms with Crippen molar-refractivity contribution in [2.45, 2.75) is 0 Å². The number of H-pyrrole nitrogens is 1. The lowest BCUT2D eigenvalue weighted by Crippen LogP contribution is -2.08. The van der Waals surface area contributed by atoms with Gasteiger partial charge in [-0.3, -0.25) is 5.10 Å². The molecule has 0 radical (unpaired) electrons. The van der Waals surface area contributed by atoms with E-state index < -0.39 is 5.97 Å². The number of nitriles is 1. The molecule has 96 valence electrons. The molecule has 1 aromatic heterocycles. The number of nitrogens with zero attached hydrogens (tertiary/aromatic N) is 3. The van der Waals surface area contributed by atoms with Crippen LogP contribution in [0.2, 0.25) is 0 Å². The summed E-state index contributed by atoms with van der Waals surface area (Å²) >= 11 is 0. The van der Waals surface area contributed by atoms with E-state index in [1.807, 2.05) is 6.07 Å². The van der Waals surface area contributed by atoms with Crippen LogP contribution in [0.5, 0.6) is 5.75 Å². The van der Waals surface area contributed by atoms with E-state index in [9.17, 15) is 4.79 Å². The van der Waals surface area contributed by atoms with E-state index in [0.717, 1.165) is 5.52 Å². The van der Waals surface area contributed by atoms with Gasteiger partial charge in [-0.1, -0.05) is 5.21 Å². The van der Waals surface area contributed by atoms with Gasteiger partial charge in [-0.15, -0.1) is 5.10 Å². The summed E-state index contributed by atoms with van der Waals surface area (Å²) in [4.78, 5) is 12.0. The van der Waals surface area contributed by atoms with Crippen LogP contribution in [-0.2, 0) is 0 Å². The summed E-state index contributed by atoms with van der Waals surface area (Å²) in [5.41, 5.74) is 2.24. The molecule has 0 fully saturated rings. The van der Waals surface area contributed by atoms with Crippen LogP contribution in [-0.4, -0.2) is 21.4 Å². The predicted molar refractivity (Wildman–Crippen MR) is 70.0 cm³/mol. The van der Waals surface area contributed by atoms with Gasteiger partial charge in [0.1, 0.15) is 11.3 Å². The normalized spacial score (nSPS) is 10.2. The molecule has 1 heterocycles. The molecule has 20 heavy (non-hydrogen) atoms. The number of carbonyl (C=O) groups excluding carboxylic acids is 1. The highest BCUT2D eigenvalue weighted by molar-refractivity contribution is 5.94. The second-order valence-electron chi connectivity index (χ2n) is 4.07. The Morgan fingerprint density at radius 1 is 1.20 bits per heavy atom. The topological polar surface area (TPSA) is 91.7 Å². The summed E-state index contributed by atoms with van der Waals surface area (Å²) in [6, 6.07) is 13.3. The molecule has 0 atom stereocenters. The smallest absolute Gasteiger partial charge is 0.343 e. The van der Waals surface area contributed by atoms with E-state index >= 15 is 0 Å². The molecule has 0 amide bonds. The van der Waals surface area contributed by atoms with Gasteiger partial charge in [-0.05, 0) is 42.5 Å². The van der Waals surface area contributed by atoms with Crippen LogP contribution in [0.25, 0.3) is 11.0 Å². The number of rotatable bonds is 2. The highest BCUT2D eigenvalue weighted by Crippen LogP contribution is 2.16. The Balaban J connectivity index is 1.82. The molecule has 6 heteroatoms. The van der Waals surface area contributed by atoms with E-state index in [0.29, 0.717) is 22.4 Å². The lowest BCUT2D eigenvalue weighted by molar-refractivity contribution is 0.0735. The molecule has 0 saturated heterocycles. The van der Waals surface area contributed by atoms with Crippen molar-refractivity contribution >= 4 is 17.0 Å². The number of aromatic amines is 1. The SMILES string of the molecule is N#Cc1ccc(OC(=O)c2ccc3[nH]nnc3c2)cc1. The van der Waals surface area contributed by atoms with E-state index in [1.165, 1.54) is 0 Å². The van der Waals surface area contributed by atoms with E-state index in [4.69, 9.17) is 10.00 Å². The van der Waals surface area contributed by atoms with Crippen LogP contribution in [0, 0.1) is 11.3 Å². The molecule has 3 rings (SSSR count). The van der Waals surface area contributed by atoms with Gasteiger partial charge >= 0.3 is 5.97 Å². The fourth-order valence-electron chi connectivity index (χ4n) is 1.73. The molecule has 2 aromatic carbocycles. The summed E-state index contributed by atoms with van der Waals surface area (Å²) in [6.07, 6.45) is 0. The van der Waals surface area contributed by atoms with Crippen molar-refractivity contribution in [3.63, 3.8) is 0 Å². The first-order chi connectivity index (χ1) is 9.76. The summed E-state index contributed by atoms with van der Waals surface area (Å²) in [6.45, 7) is 0. The highest BCUT2D eigenvalue weighted by Gasteiger charge is 2.10. The average molecular weight is 264 g/mol. The minimum atomic E-state index is -0.486. The number of benzene rings is 2. The average Bonchev–Trinajstić information content (AvgIpc) is 2.95. The number of hydrogen-bond donors (Lipinski definition) is 1. The second kappa shape index (κ2) is 4.82. The minimum Gasteiger partial charge on any atom is -0.423 e. The summed E-state index contributed by atoms with van der Waals surface area (Å²) in [5, 5.41) is 18.9. The number of fused-ring (bicyclic) bond motifs is 1. The molecule has 0 aliphatic carbocycles. The zero-order valence-corrected chi connectivity index (χ0v) is 10.2.